The molecule has 0 fully saturated rings. The molecule has 0 atom stereocenters. The molecule has 1 aromatic carbocycles. The number of carbonyl (C=O) groups excluding carboxylic acids is 1. The van der Waals surface area contributed by atoms with E-state index in [1.54, 1.807) is 6.07 Å². The van der Waals surface area contributed by atoms with Crippen LogP contribution in [-0.4, -0.2) is 46.9 Å². The molecule has 0 saturated heterocycles. The van der Waals surface area contributed by atoms with Crippen LogP contribution in [-0.2, 0) is 4.79 Å². The van der Waals surface area contributed by atoms with Gasteiger partial charge in [-0.1, -0.05) is 23.4 Å². The van der Waals surface area contributed by atoms with Crippen molar-refractivity contribution in [2.45, 2.75) is 5.16 Å². The second-order valence-electron chi connectivity index (χ2n) is 4.42. The van der Waals surface area contributed by atoms with Gasteiger partial charge in [-0.25, -0.2) is 9.78 Å². The lowest BCUT2D eigenvalue weighted by Crippen LogP contribution is -2.15. The van der Waals surface area contributed by atoms with E-state index in [4.69, 9.17) is 26.2 Å². The number of ether oxygens (including phenoxy) is 2. The van der Waals surface area contributed by atoms with Crippen molar-refractivity contribution in [3.05, 3.63) is 29.0 Å². The molecule has 0 aliphatic carbocycles. The monoisotopic (exact) mass is 371 g/mol. The van der Waals surface area contributed by atoms with E-state index in [9.17, 15) is 9.59 Å². The van der Waals surface area contributed by atoms with Gasteiger partial charge in [-0.05, 0) is 0 Å². The molecule has 1 amide bonds. The molecular formula is C14H14ClN3O5S. The van der Waals surface area contributed by atoms with Crippen LogP contribution in [0, 0.1) is 0 Å². The number of carbonyl (C=O) groups is 2. The van der Waals surface area contributed by atoms with Crippen LogP contribution >= 0.6 is 23.4 Å². The highest BCUT2D eigenvalue weighted by Crippen LogP contribution is 2.35. The predicted molar refractivity (Wildman–Crippen MR) is 89.5 cm³/mol. The van der Waals surface area contributed by atoms with E-state index in [0.717, 1.165) is 11.8 Å². The number of carboxylic acid groups (broad SMARTS) is 1. The average molecular weight is 372 g/mol. The Bertz CT molecular complexity index is 765. The number of hydrogen-bond acceptors (Lipinski definition) is 6. The molecule has 2 rings (SSSR count). The van der Waals surface area contributed by atoms with Gasteiger partial charge in [0.25, 0.3) is 0 Å². The Labute approximate surface area is 146 Å². The van der Waals surface area contributed by atoms with Gasteiger partial charge in [0.2, 0.25) is 5.91 Å². The van der Waals surface area contributed by atoms with E-state index >= 15 is 0 Å². The smallest absolute Gasteiger partial charge is 0.356 e. The second-order valence-corrected chi connectivity index (χ2v) is 5.79. The van der Waals surface area contributed by atoms with Crippen molar-refractivity contribution in [1.29, 1.82) is 0 Å². The number of rotatable bonds is 7. The zero-order chi connectivity index (χ0) is 17.7. The van der Waals surface area contributed by atoms with Gasteiger partial charge in [-0.2, -0.15) is 0 Å². The van der Waals surface area contributed by atoms with Crippen LogP contribution < -0.4 is 14.8 Å². The molecule has 10 heteroatoms. The zero-order valence-electron chi connectivity index (χ0n) is 12.8. The summed E-state index contributed by atoms with van der Waals surface area (Å²) in [5.41, 5.74) is 0.303. The maximum Gasteiger partial charge on any atom is 0.356 e. The fourth-order valence-corrected chi connectivity index (χ4v) is 2.64. The number of methoxy groups -OCH3 is 2. The van der Waals surface area contributed by atoms with Crippen LogP contribution in [0.1, 0.15) is 10.5 Å². The van der Waals surface area contributed by atoms with Crippen LogP contribution in [0.4, 0.5) is 5.69 Å². The van der Waals surface area contributed by atoms with Crippen LogP contribution in [0.2, 0.25) is 5.02 Å². The minimum absolute atomic E-state index is 0.0284. The first-order chi connectivity index (χ1) is 11.4. The summed E-state index contributed by atoms with van der Waals surface area (Å²) in [4.78, 5) is 29.3. The van der Waals surface area contributed by atoms with E-state index < -0.39 is 5.97 Å². The van der Waals surface area contributed by atoms with E-state index in [-0.39, 0.29) is 17.4 Å². The van der Waals surface area contributed by atoms with Crippen LogP contribution in [0.3, 0.4) is 0 Å². The zero-order valence-corrected chi connectivity index (χ0v) is 14.3. The molecule has 24 heavy (non-hydrogen) atoms. The third kappa shape index (κ3) is 4.33. The summed E-state index contributed by atoms with van der Waals surface area (Å²) in [6.07, 6.45) is 1.26. The number of imidazole rings is 1. The number of halogens is 1. The Morgan fingerprint density at radius 3 is 2.62 bits per heavy atom. The summed E-state index contributed by atoms with van der Waals surface area (Å²) < 4.78 is 10.3. The van der Waals surface area contributed by atoms with Crippen molar-refractivity contribution in [2.24, 2.45) is 0 Å². The van der Waals surface area contributed by atoms with Gasteiger partial charge >= 0.3 is 5.97 Å². The molecule has 0 spiro atoms. The van der Waals surface area contributed by atoms with Crippen molar-refractivity contribution in [3.63, 3.8) is 0 Å². The maximum atomic E-state index is 12.1. The van der Waals surface area contributed by atoms with Crippen molar-refractivity contribution < 1.29 is 24.2 Å². The van der Waals surface area contributed by atoms with Crippen molar-refractivity contribution in [3.8, 4) is 11.5 Å². The van der Waals surface area contributed by atoms with Crippen molar-refractivity contribution in [1.82, 2.24) is 9.97 Å². The Morgan fingerprint density at radius 2 is 2.04 bits per heavy atom. The number of amides is 1. The highest BCUT2D eigenvalue weighted by atomic mass is 35.5. The number of nitrogens with one attached hydrogen (secondary N) is 2. The lowest BCUT2D eigenvalue weighted by Gasteiger charge is -2.12. The van der Waals surface area contributed by atoms with Gasteiger partial charge in [0, 0.05) is 18.3 Å². The summed E-state index contributed by atoms with van der Waals surface area (Å²) >= 11 is 7.08. The number of thioether (sulfide) groups is 1. The van der Waals surface area contributed by atoms with Crippen LogP contribution in [0.15, 0.2) is 23.5 Å². The highest BCUT2D eigenvalue weighted by molar-refractivity contribution is 7.99. The molecular weight excluding hydrogens is 358 g/mol. The standard InChI is InChI=1S/C14H14ClN3O5S/c1-22-10-4-8(11(23-2)3-7(10)15)17-12(19)6-24-14-16-5-9(18-14)13(20)21/h3-5H,6H2,1-2H3,(H,16,18)(H,17,19)(H,20,21). The first kappa shape index (κ1) is 18.0. The number of aromatic carboxylic acids is 1. The SMILES string of the molecule is COc1cc(NC(=O)CSc2nc(C(=O)O)c[nH]2)c(OC)cc1Cl. The summed E-state index contributed by atoms with van der Waals surface area (Å²) in [5, 5.41) is 12.2. The van der Waals surface area contributed by atoms with Crippen LogP contribution in [0.25, 0.3) is 0 Å². The predicted octanol–water partition coefficient (Wildman–Crippen LogP) is 2.51. The van der Waals surface area contributed by atoms with Gasteiger partial charge in [-0.15, -0.1) is 0 Å². The van der Waals surface area contributed by atoms with Gasteiger partial charge in [-0.3, -0.25) is 4.79 Å². The average Bonchev–Trinajstić information content (AvgIpc) is 3.03. The van der Waals surface area contributed by atoms with Crippen molar-refractivity contribution in [2.75, 3.05) is 25.3 Å². The first-order valence-corrected chi connectivity index (χ1v) is 7.93. The van der Waals surface area contributed by atoms with Crippen LogP contribution in [0.5, 0.6) is 11.5 Å². The molecule has 3 N–H and O–H groups in total. The Hall–Kier alpha value is -2.39. The Kier molecular flexibility index (Phi) is 5.93. The van der Waals surface area contributed by atoms with E-state index in [2.05, 4.69) is 15.3 Å². The number of nitrogens with zero attached hydrogens (tertiary/aromatic N) is 1. The molecule has 0 unspecified atom stereocenters. The molecule has 0 saturated carbocycles. The number of benzene rings is 1. The molecule has 0 aliphatic heterocycles. The molecule has 0 bridgehead atoms. The molecule has 1 aromatic heterocycles. The summed E-state index contributed by atoms with van der Waals surface area (Å²) in [5.74, 6) is -0.639. The molecule has 128 valence electrons. The number of aromatic amines is 1. The largest absolute Gasteiger partial charge is 0.495 e. The molecule has 0 radical (unpaired) electrons. The fraction of sp³-hybridized carbons (Fsp3) is 0.214. The number of H-pyrrole nitrogens is 1. The number of carboxylic acids is 1. The van der Waals surface area contributed by atoms with Gasteiger partial charge in [0.15, 0.2) is 10.9 Å². The normalized spacial score (nSPS) is 10.3. The molecule has 1 heterocycles. The minimum Gasteiger partial charge on any atom is -0.495 e. The molecule has 8 nitrogen and oxygen atoms in total. The second kappa shape index (κ2) is 7.93. The maximum absolute atomic E-state index is 12.1. The number of hydrogen-bond donors (Lipinski definition) is 3. The quantitative estimate of drug-likeness (QED) is 0.641. The lowest BCUT2D eigenvalue weighted by molar-refractivity contribution is -0.113. The third-order valence-electron chi connectivity index (χ3n) is 2.86. The summed E-state index contributed by atoms with van der Waals surface area (Å²) in [6, 6.07) is 3.09. The molecule has 2 aromatic rings. The van der Waals surface area contributed by atoms with Crippen molar-refractivity contribution >= 4 is 40.9 Å². The Balaban J connectivity index is 2.02. The number of aromatic nitrogens is 2. The lowest BCUT2D eigenvalue weighted by atomic mass is 10.2. The van der Waals surface area contributed by atoms with E-state index in [1.165, 1.54) is 26.5 Å². The third-order valence-corrected chi connectivity index (χ3v) is 4.05. The molecule has 0 aliphatic rings. The van der Waals surface area contributed by atoms with E-state index in [0.29, 0.717) is 27.4 Å². The summed E-state index contributed by atoms with van der Waals surface area (Å²) in [6.45, 7) is 0. The summed E-state index contributed by atoms with van der Waals surface area (Å²) in [7, 11) is 2.92. The fourth-order valence-electron chi connectivity index (χ4n) is 1.77. The van der Waals surface area contributed by atoms with Gasteiger partial charge in [0.05, 0.1) is 30.7 Å². The Morgan fingerprint density at radius 1 is 1.33 bits per heavy atom. The first-order valence-electron chi connectivity index (χ1n) is 6.57. The van der Waals surface area contributed by atoms with Gasteiger partial charge < -0.3 is 24.9 Å². The highest BCUT2D eigenvalue weighted by Gasteiger charge is 2.14. The van der Waals surface area contributed by atoms with Gasteiger partial charge in [0.1, 0.15) is 11.5 Å². The minimum atomic E-state index is -1.14. The topological polar surface area (TPSA) is 114 Å². The van der Waals surface area contributed by atoms with E-state index in [1.807, 2.05) is 0 Å². The number of anilines is 1.